The summed E-state index contributed by atoms with van der Waals surface area (Å²) in [5.41, 5.74) is 0. The van der Waals surface area contributed by atoms with Gasteiger partial charge < -0.3 is 0 Å². The first-order valence-corrected chi connectivity index (χ1v) is 16.3. The van der Waals surface area contributed by atoms with E-state index in [1.807, 2.05) is 41.5 Å². The molecule has 1 saturated carbocycles. The van der Waals surface area contributed by atoms with Crippen LogP contribution < -0.4 is 0 Å². The van der Waals surface area contributed by atoms with Crippen LogP contribution in [-0.4, -0.2) is 39.8 Å². The Bertz CT molecular complexity index is 376. The van der Waals surface area contributed by atoms with E-state index in [4.69, 9.17) is 18.6 Å². The van der Waals surface area contributed by atoms with Gasteiger partial charge in [-0.1, -0.05) is 0 Å². The molecule has 27 heavy (non-hydrogen) atoms. The van der Waals surface area contributed by atoms with E-state index in [0.29, 0.717) is 0 Å². The van der Waals surface area contributed by atoms with Crippen LogP contribution in [0.5, 0.6) is 0 Å². The third kappa shape index (κ3) is 9.92. The molecule has 1 fully saturated rings. The summed E-state index contributed by atoms with van der Waals surface area (Å²) in [6.45, 7) is 11.7. The molecule has 0 spiro atoms. The summed E-state index contributed by atoms with van der Waals surface area (Å²) in [6.07, 6.45) is 6.31. The van der Waals surface area contributed by atoms with Crippen LogP contribution in [0.15, 0.2) is 0 Å². The van der Waals surface area contributed by atoms with Crippen LogP contribution in [-0.2, 0) is 40.6 Å². The first-order valence-electron chi connectivity index (χ1n) is 10.5. The molecule has 0 aromatic heterocycles. The average Bonchev–Trinajstić information content (AvgIpc) is 2.60. The Morgan fingerprint density at radius 1 is 0.815 bits per heavy atom. The molecule has 0 aliphatic heterocycles. The van der Waals surface area contributed by atoms with Crippen LogP contribution in [0.2, 0.25) is 0 Å². The van der Waals surface area contributed by atoms with Crippen molar-refractivity contribution < 1.29 is 47.0 Å². The minimum atomic E-state index is -5.33. The van der Waals surface area contributed by atoms with E-state index in [1.165, 1.54) is 0 Å². The number of rotatable bonds is 13. The van der Waals surface area contributed by atoms with Gasteiger partial charge in [-0.15, -0.1) is 0 Å². The third-order valence-corrected chi connectivity index (χ3v) is 12.9. The fourth-order valence-corrected chi connectivity index (χ4v) is 10.9. The fraction of sp³-hybridized carbons (Fsp3) is 1.00. The molecule has 1 rings (SSSR count). The van der Waals surface area contributed by atoms with Gasteiger partial charge in [0.15, 0.2) is 0 Å². The monoisotopic (exact) mass is 486 g/mol. The van der Waals surface area contributed by atoms with Crippen LogP contribution in [0, 0.1) is 0 Å². The number of hydrogen-bond acceptors (Lipinski definition) is 7. The summed E-state index contributed by atoms with van der Waals surface area (Å²) < 4.78 is 51.1. The zero-order valence-corrected chi connectivity index (χ0v) is 21.4. The molecule has 162 valence electrons. The predicted molar refractivity (Wildman–Crippen MR) is 102 cm³/mol. The van der Waals surface area contributed by atoms with Gasteiger partial charge in [0.05, 0.1) is 0 Å². The Balaban J connectivity index is 3.01. The van der Waals surface area contributed by atoms with Crippen LogP contribution in [0.3, 0.4) is 0 Å². The van der Waals surface area contributed by atoms with Crippen LogP contribution >= 0.6 is 0 Å². The van der Waals surface area contributed by atoms with Crippen molar-refractivity contribution >= 4 is 9.05 Å². The van der Waals surface area contributed by atoms with E-state index < -0.39 is 31.1 Å². The van der Waals surface area contributed by atoms with E-state index >= 15 is 0 Å². The van der Waals surface area contributed by atoms with Crippen molar-refractivity contribution in [2.75, 3.05) is 0 Å². The topological polar surface area (TPSA) is 86.6 Å². The van der Waals surface area contributed by atoms with E-state index in [1.54, 1.807) is 0 Å². The Hall–Kier alpha value is 0.820. The summed E-state index contributed by atoms with van der Waals surface area (Å²) >= 11 is -5.33. The maximum atomic E-state index is 10.7. The SMILES string of the molecule is CCC(C)O[Si](OC(C)CC)(OC(C)CC)[O][Zr]([OH])([OH])[O]C1CCCCC1. The first kappa shape index (κ1) is 25.9. The van der Waals surface area contributed by atoms with Gasteiger partial charge in [0, 0.05) is 0 Å². The van der Waals surface area contributed by atoms with Gasteiger partial charge in [-0.25, -0.2) is 0 Å². The Morgan fingerprint density at radius 3 is 1.59 bits per heavy atom. The maximum absolute atomic E-state index is 10.7. The molecule has 0 aromatic rings. The van der Waals surface area contributed by atoms with Gasteiger partial charge in [-0.05, 0) is 0 Å². The standard InChI is InChI=1S/C12H27O4Si.C6H11O.2H2O.Zr/c1-7-10(4)14-17(13,15-11(5)8-2)16-12(6)9-3;7-6-4-2-1-3-5-6;;;/h10-12H,7-9H2,1-6H3;6H,1-5H2;2*1H2;/q2*-1;;;+4/p-2. The fourth-order valence-electron chi connectivity index (χ4n) is 2.73. The molecule has 7 nitrogen and oxygen atoms in total. The molecule has 3 atom stereocenters. The van der Waals surface area contributed by atoms with Gasteiger partial charge >= 0.3 is 173 Å². The van der Waals surface area contributed by atoms with Gasteiger partial charge in [0.25, 0.3) is 0 Å². The second-order valence-corrected chi connectivity index (χ2v) is 14.2. The summed E-state index contributed by atoms with van der Waals surface area (Å²) in [4.78, 5) is 0. The molecule has 0 heterocycles. The molecule has 0 aromatic carbocycles. The van der Waals surface area contributed by atoms with Crippen molar-refractivity contribution in [3.05, 3.63) is 0 Å². The van der Waals surface area contributed by atoms with E-state index in [0.717, 1.165) is 51.4 Å². The van der Waals surface area contributed by atoms with Gasteiger partial charge in [-0.3, -0.25) is 0 Å². The summed E-state index contributed by atoms with van der Waals surface area (Å²) in [5.74, 6) is 0. The zero-order chi connectivity index (χ0) is 20.5. The predicted octanol–water partition coefficient (Wildman–Crippen LogP) is 4.03. The Morgan fingerprint density at radius 2 is 1.22 bits per heavy atom. The molecule has 2 N–H and O–H groups in total. The number of hydrogen-bond donors (Lipinski definition) is 2. The molecular weight excluding hydrogens is 448 g/mol. The van der Waals surface area contributed by atoms with Crippen molar-refractivity contribution in [2.45, 2.75) is 117 Å². The molecule has 9 heteroatoms. The first-order chi connectivity index (χ1) is 12.6. The van der Waals surface area contributed by atoms with Gasteiger partial charge in [0.1, 0.15) is 0 Å². The molecule has 1 aliphatic rings. The van der Waals surface area contributed by atoms with Crippen LogP contribution in [0.25, 0.3) is 0 Å². The van der Waals surface area contributed by atoms with Crippen molar-refractivity contribution in [3.63, 3.8) is 0 Å². The molecule has 3 unspecified atom stereocenters. The quantitative estimate of drug-likeness (QED) is 0.379. The van der Waals surface area contributed by atoms with E-state index in [-0.39, 0.29) is 24.4 Å². The van der Waals surface area contributed by atoms with Crippen LogP contribution in [0.4, 0.5) is 0 Å². The zero-order valence-electron chi connectivity index (χ0n) is 17.9. The van der Waals surface area contributed by atoms with Crippen molar-refractivity contribution in [3.8, 4) is 0 Å². The second-order valence-electron chi connectivity index (χ2n) is 7.54. The molecule has 1 aliphatic carbocycles. The Labute approximate surface area is 173 Å². The Kier molecular flexibility index (Phi) is 12.0. The summed E-state index contributed by atoms with van der Waals surface area (Å²) in [6, 6.07) is 0. The summed E-state index contributed by atoms with van der Waals surface area (Å²) in [7, 11) is -3.80. The average molecular weight is 488 g/mol. The molecule has 0 saturated heterocycles. The molecule has 0 radical (unpaired) electrons. The second kappa shape index (κ2) is 12.5. The van der Waals surface area contributed by atoms with E-state index in [9.17, 15) is 6.37 Å². The molecular formula is C18H40O7SiZr. The van der Waals surface area contributed by atoms with Gasteiger partial charge in [0.2, 0.25) is 0 Å². The van der Waals surface area contributed by atoms with Gasteiger partial charge in [-0.2, -0.15) is 0 Å². The third-order valence-electron chi connectivity index (χ3n) is 4.89. The molecule has 0 amide bonds. The summed E-state index contributed by atoms with van der Waals surface area (Å²) in [5, 5.41) is 0. The van der Waals surface area contributed by atoms with E-state index in [2.05, 4.69) is 0 Å². The van der Waals surface area contributed by atoms with Crippen LogP contribution in [0.1, 0.15) is 92.9 Å². The molecule has 0 bridgehead atoms. The minimum absolute atomic E-state index is 0.174. The van der Waals surface area contributed by atoms with Crippen molar-refractivity contribution in [1.82, 2.24) is 0 Å². The normalized spacial score (nSPS) is 22.2. The van der Waals surface area contributed by atoms with Crippen molar-refractivity contribution in [1.29, 1.82) is 0 Å². The van der Waals surface area contributed by atoms with Crippen molar-refractivity contribution in [2.24, 2.45) is 0 Å².